The first-order valence-electron chi connectivity index (χ1n) is 7.27. The molecule has 0 saturated heterocycles. The number of rotatable bonds is 4. The fourth-order valence-corrected chi connectivity index (χ4v) is 3.31. The summed E-state index contributed by atoms with van der Waals surface area (Å²) in [6.45, 7) is 3.26. The minimum absolute atomic E-state index is 0.284. The van der Waals surface area contributed by atoms with Crippen LogP contribution in [0.15, 0.2) is 54.6 Å². The lowest BCUT2D eigenvalue weighted by Crippen LogP contribution is -2.29. The Morgan fingerprint density at radius 3 is 2.45 bits per heavy atom. The SMILES string of the molecule is CCCCN1C(=S)c2ccccc2C1c1ccccc1. The molecule has 1 unspecified atom stereocenters. The predicted molar refractivity (Wildman–Crippen MR) is 88.0 cm³/mol. The van der Waals surface area contributed by atoms with Crippen molar-refractivity contribution in [3.8, 4) is 0 Å². The van der Waals surface area contributed by atoms with Crippen molar-refractivity contribution in [1.29, 1.82) is 0 Å². The lowest BCUT2D eigenvalue weighted by Gasteiger charge is -2.27. The molecule has 0 spiro atoms. The highest BCUT2D eigenvalue weighted by Crippen LogP contribution is 2.38. The molecule has 0 fully saturated rings. The number of nitrogens with zero attached hydrogens (tertiary/aromatic N) is 1. The van der Waals surface area contributed by atoms with Gasteiger partial charge in [0.1, 0.15) is 4.99 Å². The minimum atomic E-state index is 0.284. The Kier molecular flexibility index (Phi) is 3.83. The van der Waals surface area contributed by atoms with Crippen molar-refractivity contribution in [1.82, 2.24) is 4.90 Å². The molecular weight excluding hydrogens is 262 g/mol. The van der Waals surface area contributed by atoms with Gasteiger partial charge in [0.15, 0.2) is 0 Å². The van der Waals surface area contributed by atoms with E-state index in [1.807, 2.05) is 0 Å². The summed E-state index contributed by atoms with van der Waals surface area (Å²) in [6.07, 6.45) is 2.37. The van der Waals surface area contributed by atoms with Gasteiger partial charge in [0, 0.05) is 12.1 Å². The maximum Gasteiger partial charge on any atom is 0.110 e. The van der Waals surface area contributed by atoms with E-state index in [1.165, 1.54) is 29.5 Å². The molecular formula is C18H19NS. The van der Waals surface area contributed by atoms with Crippen LogP contribution in [0.5, 0.6) is 0 Å². The molecule has 1 aliphatic heterocycles. The summed E-state index contributed by atoms with van der Waals surface area (Å²) in [5.74, 6) is 0. The summed E-state index contributed by atoms with van der Waals surface area (Å²) < 4.78 is 0. The third-order valence-electron chi connectivity index (χ3n) is 3.93. The summed E-state index contributed by atoms with van der Waals surface area (Å²) in [7, 11) is 0. The fourth-order valence-electron chi connectivity index (χ4n) is 2.92. The second-order valence-electron chi connectivity index (χ2n) is 5.25. The summed E-state index contributed by atoms with van der Waals surface area (Å²) in [5.41, 5.74) is 3.91. The van der Waals surface area contributed by atoms with Gasteiger partial charge in [-0.15, -0.1) is 0 Å². The first-order valence-corrected chi connectivity index (χ1v) is 7.68. The molecule has 0 bridgehead atoms. The first kappa shape index (κ1) is 13.3. The molecule has 2 heteroatoms. The summed E-state index contributed by atoms with van der Waals surface area (Å²) in [6, 6.07) is 19.5. The lowest BCUT2D eigenvalue weighted by atomic mass is 9.98. The van der Waals surface area contributed by atoms with Crippen LogP contribution in [0.4, 0.5) is 0 Å². The third-order valence-corrected chi connectivity index (χ3v) is 4.38. The Balaban J connectivity index is 2.05. The van der Waals surface area contributed by atoms with Gasteiger partial charge in [-0.25, -0.2) is 0 Å². The van der Waals surface area contributed by atoms with Gasteiger partial charge in [-0.3, -0.25) is 0 Å². The normalized spacial score (nSPS) is 17.4. The van der Waals surface area contributed by atoms with Gasteiger partial charge in [0.25, 0.3) is 0 Å². The van der Waals surface area contributed by atoms with Gasteiger partial charge in [0.05, 0.1) is 6.04 Å². The van der Waals surface area contributed by atoms with Crippen LogP contribution in [-0.2, 0) is 0 Å². The van der Waals surface area contributed by atoms with Crippen LogP contribution < -0.4 is 0 Å². The summed E-state index contributed by atoms with van der Waals surface area (Å²) in [5, 5.41) is 0. The van der Waals surface area contributed by atoms with Gasteiger partial charge in [-0.1, -0.05) is 80.2 Å². The second-order valence-corrected chi connectivity index (χ2v) is 5.64. The maximum absolute atomic E-state index is 5.71. The smallest absolute Gasteiger partial charge is 0.110 e. The molecule has 1 heterocycles. The molecule has 1 atom stereocenters. The molecule has 0 amide bonds. The van der Waals surface area contributed by atoms with E-state index in [9.17, 15) is 0 Å². The molecule has 0 N–H and O–H groups in total. The van der Waals surface area contributed by atoms with Crippen molar-refractivity contribution < 1.29 is 0 Å². The largest absolute Gasteiger partial charge is 0.351 e. The Hall–Kier alpha value is -1.67. The molecule has 102 valence electrons. The highest BCUT2D eigenvalue weighted by molar-refractivity contribution is 7.80. The molecule has 0 aliphatic carbocycles. The molecule has 0 saturated carbocycles. The topological polar surface area (TPSA) is 3.24 Å². The molecule has 1 nitrogen and oxygen atoms in total. The van der Waals surface area contributed by atoms with Crippen molar-refractivity contribution in [3.63, 3.8) is 0 Å². The number of benzene rings is 2. The zero-order chi connectivity index (χ0) is 13.9. The number of fused-ring (bicyclic) bond motifs is 1. The average molecular weight is 281 g/mol. The Morgan fingerprint density at radius 1 is 1.00 bits per heavy atom. The predicted octanol–water partition coefficient (Wildman–Crippen LogP) is 4.57. The van der Waals surface area contributed by atoms with Crippen LogP contribution in [0.3, 0.4) is 0 Å². The number of unbranched alkanes of at least 4 members (excludes halogenated alkanes) is 1. The molecule has 0 radical (unpaired) electrons. The van der Waals surface area contributed by atoms with Crippen molar-refractivity contribution in [2.24, 2.45) is 0 Å². The maximum atomic E-state index is 5.71. The zero-order valence-electron chi connectivity index (χ0n) is 11.8. The van der Waals surface area contributed by atoms with Crippen molar-refractivity contribution in [3.05, 3.63) is 71.3 Å². The van der Waals surface area contributed by atoms with E-state index in [4.69, 9.17) is 12.2 Å². The number of hydrogen-bond acceptors (Lipinski definition) is 1. The monoisotopic (exact) mass is 281 g/mol. The van der Waals surface area contributed by atoms with E-state index < -0.39 is 0 Å². The van der Waals surface area contributed by atoms with Gasteiger partial charge in [-0.05, 0) is 17.5 Å². The van der Waals surface area contributed by atoms with Gasteiger partial charge in [0.2, 0.25) is 0 Å². The average Bonchev–Trinajstić information content (AvgIpc) is 2.79. The van der Waals surface area contributed by atoms with Crippen LogP contribution in [0, 0.1) is 0 Å². The van der Waals surface area contributed by atoms with Crippen LogP contribution in [0.1, 0.15) is 42.5 Å². The second kappa shape index (κ2) is 5.76. The van der Waals surface area contributed by atoms with E-state index in [0.29, 0.717) is 0 Å². The van der Waals surface area contributed by atoms with E-state index in [0.717, 1.165) is 11.5 Å². The molecule has 2 aromatic carbocycles. The Morgan fingerprint density at radius 2 is 1.70 bits per heavy atom. The van der Waals surface area contributed by atoms with Crippen molar-refractivity contribution >= 4 is 17.2 Å². The number of thiocarbonyl (C=S) groups is 1. The first-order chi connectivity index (χ1) is 9.83. The fraction of sp³-hybridized carbons (Fsp3) is 0.278. The highest BCUT2D eigenvalue weighted by atomic mass is 32.1. The van der Waals surface area contributed by atoms with Crippen LogP contribution >= 0.6 is 12.2 Å². The summed E-state index contributed by atoms with van der Waals surface area (Å²) >= 11 is 5.71. The van der Waals surface area contributed by atoms with Crippen molar-refractivity contribution in [2.45, 2.75) is 25.8 Å². The Labute approximate surface area is 126 Å². The van der Waals surface area contributed by atoms with E-state index in [2.05, 4.69) is 66.4 Å². The zero-order valence-corrected chi connectivity index (χ0v) is 12.6. The van der Waals surface area contributed by atoms with Gasteiger partial charge in [-0.2, -0.15) is 0 Å². The lowest BCUT2D eigenvalue weighted by molar-refractivity contribution is 0.371. The minimum Gasteiger partial charge on any atom is -0.351 e. The third kappa shape index (κ3) is 2.25. The van der Waals surface area contributed by atoms with E-state index >= 15 is 0 Å². The molecule has 20 heavy (non-hydrogen) atoms. The van der Waals surface area contributed by atoms with Gasteiger partial charge < -0.3 is 4.90 Å². The molecule has 2 aromatic rings. The number of hydrogen-bond donors (Lipinski definition) is 0. The molecule has 1 aliphatic rings. The van der Waals surface area contributed by atoms with Crippen LogP contribution in [0.2, 0.25) is 0 Å². The van der Waals surface area contributed by atoms with Crippen LogP contribution in [-0.4, -0.2) is 16.4 Å². The van der Waals surface area contributed by atoms with Crippen molar-refractivity contribution in [2.75, 3.05) is 6.54 Å². The molecule has 0 aromatic heterocycles. The van der Waals surface area contributed by atoms with E-state index in [-0.39, 0.29) is 6.04 Å². The quantitative estimate of drug-likeness (QED) is 0.755. The van der Waals surface area contributed by atoms with Gasteiger partial charge >= 0.3 is 0 Å². The summed E-state index contributed by atoms with van der Waals surface area (Å²) in [4.78, 5) is 3.39. The van der Waals surface area contributed by atoms with Crippen LogP contribution in [0.25, 0.3) is 0 Å². The highest BCUT2D eigenvalue weighted by Gasteiger charge is 2.33. The standard InChI is InChI=1S/C18H19NS/c1-2-3-13-19-17(14-9-5-4-6-10-14)15-11-7-8-12-16(15)18(19)20/h4-12,17H,2-3,13H2,1H3. The van der Waals surface area contributed by atoms with E-state index in [1.54, 1.807) is 0 Å². The molecule has 3 rings (SSSR count). The Bertz CT molecular complexity index is 606.